The van der Waals surface area contributed by atoms with Crippen molar-refractivity contribution in [2.75, 3.05) is 13.6 Å². The van der Waals surface area contributed by atoms with Crippen molar-refractivity contribution in [3.63, 3.8) is 0 Å². The molecule has 2 aromatic heterocycles. The maximum absolute atomic E-state index is 4.74. The molecule has 1 N–H and O–H groups in total. The second-order valence-electron chi connectivity index (χ2n) is 5.89. The van der Waals surface area contributed by atoms with Crippen LogP contribution in [-0.4, -0.2) is 34.4 Å². The maximum atomic E-state index is 4.74. The molecule has 2 heterocycles. The molecule has 0 aliphatic rings. The van der Waals surface area contributed by atoms with Crippen LogP contribution in [0.4, 0.5) is 0 Å². The summed E-state index contributed by atoms with van der Waals surface area (Å²) in [5.74, 6) is 0.868. The number of rotatable bonds is 6. The molecule has 0 unspecified atom stereocenters. The van der Waals surface area contributed by atoms with E-state index in [1.165, 1.54) is 0 Å². The molecule has 27 heavy (non-hydrogen) atoms. The topological polar surface area (TPSA) is 53.4 Å². The number of guanidine groups is 1. The van der Waals surface area contributed by atoms with Gasteiger partial charge in [0.05, 0.1) is 29.5 Å². The maximum Gasteiger partial charge on any atom is 0.194 e. The van der Waals surface area contributed by atoms with Gasteiger partial charge in [0.15, 0.2) is 5.96 Å². The first-order valence-corrected chi connectivity index (χ1v) is 10.3. The van der Waals surface area contributed by atoms with Crippen LogP contribution in [0, 0.1) is 6.92 Å². The van der Waals surface area contributed by atoms with Gasteiger partial charge in [-0.25, -0.2) is 15.0 Å². The van der Waals surface area contributed by atoms with E-state index in [4.69, 9.17) is 9.98 Å². The zero-order chi connectivity index (χ0) is 18.4. The molecule has 5 nitrogen and oxygen atoms in total. The number of halogens is 1. The average molecular weight is 513 g/mol. The summed E-state index contributed by atoms with van der Waals surface area (Å²) in [6.45, 7) is 6.23. The van der Waals surface area contributed by atoms with Crippen LogP contribution in [0.3, 0.4) is 0 Å². The highest BCUT2D eigenvalue weighted by Crippen LogP contribution is 2.23. The van der Waals surface area contributed by atoms with E-state index < -0.39 is 0 Å². The van der Waals surface area contributed by atoms with Gasteiger partial charge in [0.1, 0.15) is 5.01 Å². The van der Waals surface area contributed by atoms with Gasteiger partial charge in [0.25, 0.3) is 0 Å². The summed E-state index contributed by atoms with van der Waals surface area (Å²) in [6.07, 6.45) is 0. The van der Waals surface area contributed by atoms with Crippen LogP contribution in [0.1, 0.15) is 23.3 Å². The Bertz CT molecular complexity index is 860. The molecule has 0 bridgehead atoms. The smallest absolute Gasteiger partial charge is 0.194 e. The molecule has 0 aliphatic heterocycles. The lowest BCUT2D eigenvalue weighted by molar-refractivity contribution is 0.470. The van der Waals surface area contributed by atoms with Gasteiger partial charge in [-0.3, -0.25) is 0 Å². The van der Waals surface area contributed by atoms with E-state index in [-0.39, 0.29) is 24.0 Å². The third kappa shape index (κ3) is 6.25. The molecule has 0 spiro atoms. The first kappa shape index (κ1) is 21.8. The van der Waals surface area contributed by atoms with Crippen molar-refractivity contribution in [2.45, 2.75) is 26.9 Å². The number of nitrogens with one attached hydrogen (secondary N) is 1. The van der Waals surface area contributed by atoms with Crippen LogP contribution in [0.25, 0.3) is 10.6 Å². The molecule has 0 saturated carbocycles. The van der Waals surface area contributed by atoms with E-state index >= 15 is 0 Å². The summed E-state index contributed by atoms with van der Waals surface area (Å²) >= 11 is 3.33. The molecule has 1 aromatic carbocycles. The first-order chi connectivity index (χ1) is 12.7. The van der Waals surface area contributed by atoms with E-state index in [2.05, 4.69) is 45.0 Å². The number of aliphatic imine (C=N–C) groups is 1. The van der Waals surface area contributed by atoms with Crippen molar-refractivity contribution in [3.05, 3.63) is 57.5 Å². The number of aromatic nitrogens is 2. The number of thiazole rings is 2. The normalized spacial score (nSPS) is 11.1. The Labute approximate surface area is 185 Å². The van der Waals surface area contributed by atoms with E-state index in [0.717, 1.165) is 46.0 Å². The van der Waals surface area contributed by atoms with Crippen LogP contribution in [-0.2, 0) is 13.1 Å². The molecular weight excluding hydrogens is 489 g/mol. The first-order valence-electron chi connectivity index (χ1n) is 8.56. The second kappa shape index (κ2) is 10.7. The SMILES string of the molecule is CCNC(=NCc1csc(-c2ccccc2)n1)N(C)Cc1csc(C)n1.I. The molecule has 0 atom stereocenters. The van der Waals surface area contributed by atoms with Crippen LogP contribution >= 0.6 is 46.7 Å². The molecule has 0 radical (unpaired) electrons. The Kier molecular flexibility index (Phi) is 8.65. The van der Waals surface area contributed by atoms with E-state index in [9.17, 15) is 0 Å². The summed E-state index contributed by atoms with van der Waals surface area (Å²) < 4.78 is 0. The predicted molar refractivity (Wildman–Crippen MR) is 126 cm³/mol. The molecular formula is C19H24IN5S2. The summed E-state index contributed by atoms with van der Waals surface area (Å²) in [7, 11) is 2.03. The average Bonchev–Trinajstić information content (AvgIpc) is 3.28. The summed E-state index contributed by atoms with van der Waals surface area (Å²) in [4.78, 5) is 16.1. The van der Waals surface area contributed by atoms with Crippen LogP contribution < -0.4 is 5.32 Å². The molecule has 0 saturated heterocycles. The molecule has 3 aromatic rings. The Balaban J connectivity index is 0.00000261. The monoisotopic (exact) mass is 513 g/mol. The lowest BCUT2D eigenvalue weighted by Gasteiger charge is -2.21. The second-order valence-corrected chi connectivity index (χ2v) is 7.81. The lowest BCUT2D eigenvalue weighted by Crippen LogP contribution is -2.38. The van der Waals surface area contributed by atoms with Gasteiger partial charge in [-0.15, -0.1) is 46.7 Å². The number of hydrogen-bond donors (Lipinski definition) is 1. The number of benzene rings is 1. The van der Waals surface area contributed by atoms with Crippen molar-refractivity contribution in [2.24, 2.45) is 4.99 Å². The van der Waals surface area contributed by atoms with Crippen molar-refractivity contribution >= 4 is 52.6 Å². The van der Waals surface area contributed by atoms with Gasteiger partial charge in [0.2, 0.25) is 0 Å². The standard InChI is InChI=1S/C19H23N5S2.HI/c1-4-20-19(24(3)11-17-13-25-14(2)22-17)21-10-16-12-26-18(23-16)15-8-6-5-7-9-15;/h5-9,12-13H,4,10-11H2,1-3H3,(H,20,21);1H. The van der Waals surface area contributed by atoms with E-state index in [1.807, 2.05) is 32.2 Å². The predicted octanol–water partition coefficient (Wildman–Crippen LogP) is 4.79. The summed E-state index contributed by atoms with van der Waals surface area (Å²) in [5.41, 5.74) is 3.21. The van der Waals surface area contributed by atoms with Gasteiger partial charge in [-0.1, -0.05) is 30.3 Å². The van der Waals surface area contributed by atoms with Crippen molar-refractivity contribution in [1.82, 2.24) is 20.2 Å². The minimum atomic E-state index is 0. The van der Waals surface area contributed by atoms with Crippen LogP contribution in [0.5, 0.6) is 0 Å². The fourth-order valence-corrected chi connectivity index (χ4v) is 3.94. The van der Waals surface area contributed by atoms with Gasteiger partial charge < -0.3 is 10.2 Å². The van der Waals surface area contributed by atoms with Gasteiger partial charge in [-0.2, -0.15) is 0 Å². The molecule has 144 valence electrons. The fourth-order valence-electron chi connectivity index (χ4n) is 2.52. The minimum absolute atomic E-state index is 0. The van der Waals surface area contributed by atoms with Gasteiger partial charge >= 0.3 is 0 Å². The fraction of sp³-hybridized carbons (Fsp3) is 0.316. The summed E-state index contributed by atoms with van der Waals surface area (Å²) in [5, 5.41) is 9.65. The minimum Gasteiger partial charge on any atom is -0.357 e. The lowest BCUT2D eigenvalue weighted by atomic mass is 10.2. The van der Waals surface area contributed by atoms with Gasteiger partial charge in [0, 0.05) is 29.9 Å². The third-order valence-corrected chi connectivity index (χ3v) is 5.49. The quantitative estimate of drug-likeness (QED) is 0.293. The number of nitrogens with zero attached hydrogens (tertiary/aromatic N) is 4. The highest BCUT2D eigenvalue weighted by Gasteiger charge is 2.09. The molecule has 3 rings (SSSR count). The zero-order valence-electron chi connectivity index (χ0n) is 15.7. The molecule has 0 fully saturated rings. The highest BCUT2D eigenvalue weighted by molar-refractivity contribution is 14.0. The van der Waals surface area contributed by atoms with Crippen LogP contribution in [0.2, 0.25) is 0 Å². The van der Waals surface area contributed by atoms with Crippen molar-refractivity contribution in [1.29, 1.82) is 0 Å². The molecule has 0 amide bonds. The number of aryl methyl sites for hydroxylation is 1. The largest absolute Gasteiger partial charge is 0.357 e. The Hall–Kier alpha value is -1.52. The van der Waals surface area contributed by atoms with Crippen molar-refractivity contribution in [3.8, 4) is 10.6 Å². The molecule has 8 heteroatoms. The molecule has 0 aliphatic carbocycles. The van der Waals surface area contributed by atoms with Gasteiger partial charge in [-0.05, 0) is 13.8 Å². The van der Waals surface area contributed by atoms with E-state index in [0.29, 0.717) is 6.54 Å². The summed E-state index contributed by atoms with van der Waals surface area (Å²) in [6, 6.07) is 10.3. The van der Waals surface area contributed by atoms with E-state index in [1.54, 1.807) is 22.7 Å². The van der Waals surface area contributed by atoms with Crippen molar-refractivity contribution < 1.29 is 0 Å². The Morgan fingerprint density at radius 1 is 1.11 bits per heavy atom. The Morgan fingerprint density at radius 3 is 2.52 bits per heavy atom. The Morgan fingerprint density at radius 2 is 1.85 bits per heavy atom. The zero-order valence-corrected chi connectivity index (χ0v) is 19.6. The highest BCUT2D eigenvalue weighted by atomic mass is 127. The van der Waals surface area contributed by atoms with Crippen LogP contribution in [0.15, 0.2) is 46.1 Å². The third-order valence-electron chi connectivity index (χ3n) is 3.73. The number of hydrogen-bond acceptors (Lipinski definition) is 5.